The predicted octanol–water partition coefficient (Wildman–Crippen LogP) is 5.46. The molecule has 0 fully saturated rings. The Kier molecular flexibility index (Phi) is 5.33. The van der Waals surface area contributed by atoms with Gasteiger partial charge in [-0.3, -0.25) is 10.1 Å². The van der Waals surface area contributed by atoms with Crippen LogP contribution in [-0.2, 0) is 0 Å². The SMILES string of the molecule is O=[N+]([O-])c1c(Nc2ccc(F)cc2F)ncnc1Nc1cc(Cl)ccc1Cl. The summed E-state index contributed by atoms with van der Waals surface area (Å²) in [7, 11) is 0. The van der Waals surface area contributed by atoms with Crippen LogP contribution in [0.2, 0.25) is 10.0 Å². The third-order valence-electron chi connectivity index (χ3n) is 3.37. The van der Waals surface area contributed by atoms with Gasteiger partial charge in [0.2, 0.25) is 11.6 Å². The van der Waals surface area contributed by atoms with Gasteiger partial charge < -0.3 is 10.6 Å². The summed E-state index contributed by atoms with van der Waals surface area (Å²) in [5.41, 5.74) is -0.466. The second-order valence-electron chi connectivity index (χ2n) is 5.17. The maximum atomic E-state index is 13.9. The van der Waals surface area contributed by atoms with Crippen molar-refractivity contribution in [1.29, 1.82) is 0 Å². The number of nitrogens with zero attached hydrogens (tertiary/aromatic N) is 3. The monoisotopic (exact) mass is 411 g/mol. The van der Waals surface area contributed by atoms with E-state index in [-0.39, 0.29) is 28.0 Å². The molecule has 0 radical (unpaired) electrons. The van der Waals surface area contributed by atoms with Gasteiger partial charge >= 0.3 is 5.69 Å². The van der Waals surface area contributed by atoms with Crippen molar-refractivity contribution in [2.24, 2.45) is 0 Å². The Bertz CT molecular complexity index is 1040. The van der Waals surface area contributed by atoms with E-state index in [0.717, 1.165) is 18.5 Å². The minimum Gasteiger partial charge on any atom is -0.333 e. The van der Waals surface area contributed by atoms with Gasteiger partial charge in [0.25, 0.3) is 0 Å². The average Bonchev–Trinajstić information content (AvgIpc) is 2.60. The second-order valence-corrected chi connectivity index (χ2v) is 6.02. The average molecular weight is 412 g/mol. The Morgan fingerprint density at radius 3 is 2.26 bits per heavy atom. The molecule has 0 aliphatic rings. The Labute approximate surface area is 161 Å². The van der Waals surface area contributed by atoms with Gasteiger partial charge in [-0.25, -0.2) is 18.7 Å². The molecule has 0 atom stereocenters. The highest BCUT2D eigenvalue weighted by Gasteiger charge is 2.24. The summed E-state index contributed by atoms with van der Waals surface area (Å²) in [6.45, 7) is 0. The molecule has 0 saturated carbocycles. The van der Waals surface area contributed by atoms with E-state index in [4.69, 9.17) is 23.2 Å². The first-order chi connectivity index (χ1) is 12.8. The number of benzene rings is 2. The van der Waals surface area contributed by atoms with Crippen LogP contribution < -0.4 is 10.6 Å². The van der Waals surface area contributed by atoms with Gasteiger partial charge in [-0.15, -0.1) is 0 Å². The molecule has 2 N–H and O–H groups in total. The summed E-state index contributed by atoms with van der Waals surface area (Å²) >= 11 is 12.0. The van der Waals surface area contributed by atoms with Crippen molar-refractivity contribution in [2.45, 2.75) is 0 Å². The second kappa shape index (κ2) is 7.68. The number of nitro groups is 1. The fourth-order valence-electron chi connectivity index (χ4n) is 2.17. The fourth-order valence-corrected chi connectivity index (χ4v) is 2.51. The first-order valence-corrected chi connectivity index (χ1v) is 8.04. The maximum Gasteiger partial charge on any atom is 0.353 e. The van der Waals surface area contributed by atoms with Crippen LogP contribution in [0, 0.1) is 21.7 Å². The van der Waals surface area contributed by atoms with E-state index in [2.05, 4.69) is 20.6 Å². The third-order valence-corrected chi connectivity index (χ3v) is 3.94. The largest absolute Gasteiger partial charge is 0.353 e. The van der Waals surface area contributed by atoms with E-state index in [1.165, 1.54) is 12.1 Å². The molecule has 0 amide bonds. The minimum atomic E-state index is -0.935. The molecule has 0 bridgehead atoms. The van der Waals surface area contributed by atoms with Gasteiger partial charge in [-0.1, -0.05) is 23.2 Å². The number of nitrogens with one attached hydrogen (secondary N) is 2. The minimum absolute atomic E-state index is 0.190. The zero-order valence-corrected chi connectivity index (χ0v) is 14.7. The van der Waals surface area contributed by atoms with Crippen molar-refractivity contribution in [2.75, 3.05) is 10.6 Å². The molecule has 138 valence electrons. The molecule has 27 heavy (non-hydrogen) atoms. The molecule has 3 rings (SSSR count). The van der Waals surface area contributed by atoms with Crippen LogP contribution in [0.15, 0.2) is 42.7 Å². The number of halogens is 4. The summed E-state index contributed by atoms with van der Waals surface area (Å²) in [4.78, 5) is 18.4. The molecule has 0 aliphatic heterocycles. The Morgan fingerprint density at radius 1 is 0.963 bits per heavy atom. The lowest BCUT2D eigenvalue weighted by Gasteiger charge is -2.11. The summed E-state index contributed by atoms with van der Waals surface area (Å²) in [5.74, 6) is -2.20. The molecule has 1 aromatic heterocycles. The van der Waals surface area contributed by atoms with Crippen LogP contribution >= 0.6 is 23.2 Å². The van der Waals surface area contributed by atoms with E-state index < -0.39 is 22.2 Å². The van der Waals surface area contributed by atoms with E-state index >= 15 is 0 Å². The topological polar surface area (TPSA) is 93.0 Å². The lowest BCUT2D eigenvalue weighted by Crippen LogP contribution is -2.06. The Hall–Kier alpha value is -3.04. The van der Waals surface area contributed by atoms with Crippen molar-refractivity contribution in [3.8, 4) is 0 Å². The molecule has 0 saturated heterocycles. The van der Waals surface area contributed by atoms with Crippen molar-refractivity contribution in [3.05, 3.63) is 74.5 Å². The van der Waals surface area contributed by atoms with Gasteiger partial charge in [-0.05, 0) is 30.3 Å². The van der Waals surface area contributed by atoms with Crippen molar-refractivity contribution < 1.29 is 13.7 Å². The van der Waals surface area contributed by atoms with E-state index in [0.29, 0.717) is 11.1 Å². The van der Waals surface area contributed by atoms with Crippen molar-refractivity contribution in [1.82, 2.24) is 9.97 Å². The van der Waals surface area contributed by atoms with Crippen LogP contribution in [0.5, 0.6) is 0 Å². The summed E-state index contributed by atoms with van der Waals surface area (Å²) in [6, 6.07) is 7.25. The van der Waals surface area contributed by atoms with E-state index in [9.17, 15) is 18.9 Å². The smallest absolute Gasteiger partial charge is 0.333 e. The summed E-state index contributed by atoms with van der Waals surface area (Å²) in [5, 5.41) is 17.3. The number of hydrogen-bond donors (Lipinski definition) is 2. The maximum absolute atomic E-state index is 13.9. The first kappa shape index (κ1) is 18.7. The van der Waals surface area contributed by atoms with Gasteiger partial charge in [0, 0.05) is 11.1 Å². The van der Waals surface area contributed by atoms with E-state index in [1.807, 2.05) is 0 Å². The van der Waals surface area contributed by atoms with Crippen LogP contribution in [0.25, 0.3) is 0 Å². The Morgan fingerprint density at radius 2 is 1.63 bits per heavy atom. The standard InChI is InChI=1S/C16H9Cl2F2N5O2/c17-8-1-3-10(18)13(5-8)24-16-14(25(26)27)15(21-7-22-16)23-12-4-2-9(19)6-11(12)20/h1-7H,(H2,21,22,23,24). The molecule has 11 heteroatoms. The number of rotatable bonds is 5. The zero-order valence-electron chi connectivity index (χ0n) is 13.2. The van der Waals surface area contributed by atoms with Crippen LogP contribution in [0.3, 0.4) is 0 Å². The zero-order chi connectivity index (χ0) is 19.6. The molecule has 7 nitrogen and oxygen atoms in total. The summed E-state index contributed by atoms with van der Waals surface area (Å²) in [6.07, 6.45) is 1.04. The van der Waals surface area contributed by atoms with Crippen molar-refractivity contribution in [3.63, 3.8) is 0 Å². The molecule has 0 unspecified atom stereocenters. The Balaban J connectivity index is 2.02. The molecular formula is C16H9Cl2F2N5O2. The van der Waals surface area contributed by atoms with Crippen LogP contribution in [-0.4, -0.2) is 14.9 Å². The van der Waals surface area contributed by atoms with Gasteiger partial charge in [0.05, 0.1) is 21.3 Å². The number of hydrogen-bond acceptors (Lipinski definition) is 6. The fraction of sp³-hybridized carbons (Fsp3) is 0. The highest BCUT2D eigenvalue weighted by molar-refractivity contribution is 6.35. The lowest BCUT2D eigenvalue weighted by atomic mass is 10.3. The van der Waals surface area contributed by atoms with Gasteiger partial charge in [-0.2, -0.15) is 0 Å². The normalized spacial score (nSPS) is 10.5. The quantitative estimate of drug-likeness (QED) is 0.427. The highest BCUT2D eigenvalue weighted by atomic mass is 35.5. The van der Waals surface area contributed by atoms with Gasteiger partial charge in [0.15, 0.2) is 0 Å². The van der Waals surface area contributed by atoms with Crippen LogP contribution in [0.4, 0.5) is 37.5 Å². The molecule has 3 aromatic rings. The van der Waals surface area contributed by atoms with Gasteiger partial charge in [0.1, 0.15) is 18.0 Å². The van der Waals surface area contributed by atoms with Crippen molar-refractivity contribution >= 4 is 51.9 Å². The predicted molar refractivity (Wildman–Crippen MR) is 98.1 cm³/mol. The first-order valence-electron chi connectivity index (χ1n) is 7.28. The van der Waals surface area contributed by atoms with E-state index in [1.54, 1.807) is 6.07 Å². The number of aromatic nitrogens is 2. The molecular weight excluding hydrogens is 403 g/mol. The summed E-state index contributed by atoms with van der Waals surface area (Å²) < 4.78 is 26.9. The third kappa shape index (κ3) is 4.21. The van der Waals surface area contributed by atoms with Crippen LogP contribution in [0.1, 0.15) is 0 Å². The molecule has 0 aliphatic carbocycles. The molecule has 1 heterocycles. The molecule has 2 aromatic carbocycles. The number of anilines is 4. The lowest BCUT2D eigenvalue weighted by molar-refractivity contribution is -0.383. The highest BCUT2D eigenvalue weighted by Crippen LogP contribution is 2.35. The molecule has 0 spiro atoms.